The summed E-state index contributed by atoms with van der Waals surface area (Å²) in [5, 5.41) is 3.96. The van der Waals surface area contributed by atoms with E-state index in [-0.39, 0.29) is 6.04 Å². The molecule has 5 aliphatic carbocycles. The minimum Gasteiger partial charge on any atom is -0.355 e. The normalized spacial score (nSPS) is 23.1. The molecule has 0 saturated carbocycles. The van der Waals surface area contributed by atoms with Crippen molar-refractivity contribution in [2.75, 3.05) is 5.32 Å². The van der Waals surface area contributed by atoms with Crippen molar-refractivity contribution in [3.63, 3.8) is 0 Å². The third-order valence-corrected chi connectivity index (χ3v) is 9.40. The molecule has 40 heavy (non-hydrogen) atoms. The lowest BCUT2D eigenvalue weighted by molar-refractivity contribution is 0.507. The maximum Gasteiger partial charge on any atom is 0.0467 e. The monoisotopic (exact) mass is 524 g/mol. The summed E-state index contributed by atoms with van der Waals surface area (Å²) >= 11 is 0. The van der Waals surface area contributed by atoms with Gasteiger partial charge in [0.2, 0.25) is 0 Å². The molecular formula is C38H40N2. The number of nitrogens with two attached hydrogens (primary N) is 1. The smallest absolute Gasteiger partial charge is 0.0467 e. The molecule has 2 aromatic rings. The molecule has 5 aliphatic rings. The van der Waals surface area contributed by atoms with Crippen molar-refractivity contribution >= 4 is 29.1 Å². The molecule has 0 fully saturated rings. The van der Waals surface area contributed by atoms with Crippen molar-refractivity contribution in [2.45, 2.75) is 63.8 Å². The number of nitrogens with one attached hydrogen (secondary N) is 1. The molecule has 7 rings (SSSR count). The van der Waals surface area contributed by atoms with E-state index in [0.29, 0.717) is 11.8 Å². The highest BCUT2D eigenvalue weighted by Gasteiger charge is 2.30. The van der Waals surface area contributed by atoms with Gasteiger partial charge >= 0.3 is 0 Å². The van der Waals surface area contributed by atoms with Gasteiger partial charge in [0, 0.05) is 34.5 Å². The molecule has 0 saturated heterocycles. The van der Waals surface area contributed by atoms with Crippen LogP contribution in [0.25, 0.3) is 17.7 Å². The van der Waals surface area contributed by atoms with E-state index >= 15 is 0 Å². The van der Waals surface area contributed by atoms with Crippen LogP contribution in [0.4, 0.5) is 11.4 Å². The lowest BCUT2D eigenvalue weighted by Crippen LogP contribution is -2.20. The van der Waals surface area contributed by atoms with Crippen molar-refractivity contribution in [3.8, 4) is 0 Å². The second-order valence-corrected chi connectivity index (χ2v) is 11.9. The van der Waals surface area contributed by atoms with Crippen LogP contribution < -0.4 is 11.1 Å². The zero-order chi connectivity index (χ0) is 26.9. The third-order valence-electron chi connectivity index (χ3n) is 9.40. The molecule has 3 atom stereocenters. The van der Waals surface area contributed by atoms with E-state index in [4.69, 9.17) is 5.73 Å². The van der Waals surface area contributed by atoms with E-state index in [2.05, 4.69) is 102 Å². The van der Waals surface area contributed by atoms with E-state index in [9.17, 15) is 0 Å². The van der Waals surface area contributed by atoms with E-state index in [1.165, 1.54) is 62.3 Å². The zero-order valence-electron chi connectivity index (χ0n) is 23.4. The fraction of sp³-hybridized carbons (Fsp3) is 0.316. The van der Waals surface area contributed by atoms with Gasteiger partial charge in [-0.3, -0.25) is 0 Å². The molecule has 2 aromatic carbocycles. The number of aryl methyl sites for hydroxylation is 1. The summed E-state index contributed by atoms with van der Waals surface area (Å²) < 4.78 is 0. The first-order valence-corrected chi connectivity index (χ1v) is 15.3. The Morgan fingerprint density at radius 1 is 0.800 bits per heavy atom. The number of anilines is 2. The molecule has 0 aliphatic heterocycles. The summed E-state index contributed by atoms with van der Waals surface area (Å²) in [6.45, 7) is 0. The quantitative estimate of drug-likeness (QED) is 0.369. The Morgan fingerprint density at radius 2 is 1.65 bits per heavy atom. The minimum absolute atomic E-state index is 0.0169. The van der Waals surface area contributed by atoms with Gasteiger partial charge in [0.15, 0.2) is 0 Å². The van der Waals surface area contributed by atoms with Crippen LogP contribution in [0.1, 0.15) is 84.4 Å². The highest BCUT2D eigenvalue weighted by atomic mass is 14.9. The Morgan fingerprint density at radius 3 is 2.55 bits per heavy atom. The molecule has 2 heteroatoms. The lowest BCUT2D eigenvalue weighted by Gasteiger charge is -2.33. The summed E-state index contributed by atoms with van der Waals surface area (Å²) in [6.07, 6.45) is 38.0. The maximum absolute atomic E-state index is 6.87. The van der Waals surface area contributed by atoms with Gasteiger partial charge in [0.1, 0.15) is 0 Å². The van der Waals surface area contributed by atoms with Crippen LogP contribution in [0.3, 0.4) is 0 Å². The van der Waals surface area contributed by atoms with Crippen molar-refractivity contribution in [1.82, 2.24) is 0 Å². The van der Waals surface area contributed by atoms with E-state index < -0.39 is 0 Å². The minimum atomic E-state index is 0.0169. The van der Waals surface area contributed by atoms with Crippen LogP contribution in [-0.4, -0.2) is 0 Å². The van der Waals surface area contributed by atoms with E-state index in [1.807, 2.05) is 0 Å². The summed E-state index contributed by atoms with van der Waals surface area (Å²) in [5.74, 6) is 1.03. The Balaban J connectivity index is 1.28. The predicted octanol–water partition coefficient (Wildman–Crippen LogP) is 9.55. The Labute approximate surface area is 239 Å². The molecule has 2 unspecified atom stereocenters. The summed E-state index contributed by atoms with van der Waals surface area (Å²) in [6, 6.07) is 9.26. The number of fused-ring (bicyclic) bond motifs is 3. The van der Waals surface area contributed by atoms with E-state index in [1.54, 1.807) is 0 Å². The molecule has 0 amide bonds. The van der Waals surface area contributed by atoms with Gasteiger partial charge < -0.3 is 11.1 Å². The molecule has 2 nitrogen and oxygen atoms in total. The fourth-order valence-electron chi connectivity index (χ4n) is 7.39. The molecule has 0 heterocycles. The molecule has 202 valence electrons. The highest BCUT2D eigenvalue weighted by molar-refractivity contribution is 5.90. The van der Waals surface area contributed by atoms with Crippen molar-refractivity contribution in [3.05, 3.63) is 124 Å². The van der Waals surface area contributed by atoms with Crippen molar-refractivity contribution < 1.29 is 0 Å². The van der Waals surface area contributed by atoms with Crippen LogP contribution in [0, 0.1) is 11.8 Å². The van der Waals surface area contributed by atoms with Crippen molar-refractivity contribution in [1.29, 1.82) is 0 Å². The number of benzene rings is 2. The van der Waals surface area contributed by atoms with E-state index in [0.717, 1.165) is 51.4 Å². The van der Waals surface area contributed by atoms with Crippen LogP contribution in [0.5, 0.6) is 0 Å². The van der Waals surface area contributed by atoms with Crippen LogP contribution >= 0.6 is 0 Å². The fourth-order valence-corrected chi connectivity index (χ4v) is 7.39. The number of rotatable bonds is 6. The second kappa shape index (κ2) is 11.1. The first kappa shape index (κ1) is 25.4. The molecule has 0 radical (unpaired) electrons. The standard InChI is InChI=1S/C38H40N2/c39-35(25-26-11-2-1-3-12-26)32-22-24-36(33-19-9-8-18-31(32)33)40-37-23-21-28-14-5-7-17-30(28)38(37)34-20-10-15-27-13-4-6-16-29(27)34/h2,4,7,9-13,15,17,19-24,27,29,35,40H,1,3,5-6,8,14,16,18,25,39H2/t27?,29?,35-/m1/s1. The zero-order valence-corrected chi connectivity index (χ0v) is 23.4. The second-order valence-electron chi connectivity index (χ2n) is 11.9. The van der Waals surface area contributed by atoms with Crippen LogP contribution in [0.15, 0.2) is 90.6 Å². The van der Waals surface area contributed by atoms with Gasteiger partial charge in [0.05, 0.1) is 0 Å². The molecular weight excluding hydrogens is 484 g/mol. The van der Waals surface area contributed by atoms with Gasteiger partial charge in [-0.05, 0) is 104 Å². The van der Waals surface area contributed by atoms with Crippen LogP contribution in [-0.2, 0) is 12.8 Å². The largest absolute Gasteiger partial charge is 0.355 e. The third kappa shape index (κ3) is 4.80. The maximum atomic E-state index is 6.87. The Kier molecular flexibility index (Phi) is 7.04. The predicted molar refractivity (Wildman–Crippen MR) is 171 cm³/mol. The summed E-state index contributed by atoms with van der Waals surface area (Å²) in [4.78, 5) is 0. The highest BCUT2D eigenvalue weighted by Crippen LogP contribution is 2.46. The number of hydrogen-bond donors (Lipinski definition) is 2. The number of hydrogen-bond acceptors (Lipinski definition) is 2. The molecule has 0 bridgehead atoms. The van der Waals surface area contributed by atoms with Gasteiger partial charge in [-0.25, -0.2) is 0 Å². The molecule has 0 spiro atoms. The first-order valence-electron chi connectivity index (χ1n) is 15.3. The van der Waals surface area contributed by atoms with Gasteiger partial charge in [-0.1, -0.05) is 90.6 Å². The SMILES string of the molecule is N[C@H](CC1=CCCC=C1)c1ccc(Nc2ccc3c(c2C2=CC=CC4C=CCCC24)C=CCC3)c2c1CCC=C2. The molecule has 0 aromatic heterocycles. The van der Waals surface area contributed by atoms with Gasteiger partial charge in [-0.2, -0.15) is 0 Å². The molecule has 3 N–H and O–H groups in total. The summed E-state index contributed by atoms with van der Waals surface area (Å²) in [7, 11) is 0. The van der Waals surface area contributed by atoms with Gasteiger partial charge in [-0.15, -0.1) is 0 Å². The summed E-state index contributed by atoms with van der Waals surface area (Å²) in [5.41, 5.74) is 20.4. The number of allylic oxidation sites excluding steroid dienone is 11. The van der Waals surface area contributed by atoms with Gasteiger partial charge in [0.25, 0.3) is 0 Å². The average Bonchev–Trinajstić information content (AvgIpc) is 3.01. The van der Waals surface area contributed by atoms with Crippen molar-refractivity contribution in [2.24, 2.45) is 17.6 Å². The lowest BCUT2D eigenvalue weighted by atomic mass is 9.72. The first-order chi connectivity index (χ1) is 19.8. The Bertz CT molecular complexity index is 1520. The topological polar surface area (TPSA) is 38.0 Å². The average molecular weight is 525 g/mol. The Hall–Kier alpha value is -3.62. The van der Waals surface area contributed by atoms with Crippen LogP contribution in [0.2, 0.25) is 0 Å².